The number of rotatable bonds is 5. The molecular formula is C18H17ClN2O3S2. The van der Waals surface area contributed by atoms with Crippen LogP contribution in [0.25, 0.3) is 10.2 Å². The molecule has 1 N–H and O–H groups in total. The van der Waals surface area contributed by atoms with Gasteiger partial charge in [-0.3, -0.25) is 4.79 Å². The molecule has 0 aliphatic carbocycles. The lowest BCUT2D eigenvalue weighted by Gasteiger charge is -2.10. The topological polar surface area (TPSA) is 72.0 Å². The lowest BCUT2D eigenvalue weighted by Crippen LogP contribution is -2.12. The molecule has 3 rings (SSSR count). The van der Waals surface area contributed by atoms with Gasteiger partial charge in [0.1, 0.15) is 15.5 Å². The van der Waals surface area contributed by atoms with Crippen LogP contribution < -0.4 is 5.56 Å². The van der Waals surface area contributed by atoms with Crippen molar-refractivity contribution >= 4 is 50.9 Å². The lowest BCUT2D eigenvalue weighted by atomic mass is 10.2. The van der Waals surface area contributed by atoms with Crippen LogP contribution in [0.15, 0.2) is 34.0 Å². The molecule has 2 heterocycles. The maximum atomic E-state index is 12.5. The molecule has 0 aliphatic rings. The molecule has 0 saturated heterocycles. The zero-order valence-electron chi connectivity index (χ0n) is 14.5. The number of nitrogens with zero attached hydrogens (tertiary/aromatic N) is 1. The first-order valence-electron chi connectivity index (χ1n) is 8.03. The van der Waals surface area contributed by atoms with Gasteiger partial charge in [0, 0.05) is 9.92 Å². The number of thioether (sulfide) groups is 1. The number of aromatic amines is 1. The largest absolute Gasteiger partial charge is 0.462 e. The number of benzene rings is 1. The summed E-state index contributed by atoms with van der Waals surface area (Å²) in [4.78, 5) is 34.0. The van der Waals surface area contributed by atoms with Gasteiger partial charge < -0.3 is 9.72 Å². The molecule has 0 spiro atoms. The van der Waals surface area contributed by atoms with Crippen molar-refractivity contribution < 1.29 is 9.53 Å². The fourth-order valence-corrected chi connectivity index (χ4v) is 4.65. The molecule has 1 aromatic carbocycles. The summed E-state index contributed by atoms with van der Waals surface area (Å²) >= 11 is 8.67. The fraction of sp³-hybridized carbons (Fsp3) is 0.278. The Labute approximate surface area is 163 Å². The second-order valence-corrected chi connectivity index (χ2v) is 8.47. The van der Waals surface area contributed by atoms with Gasteiger partial charge in [-0.2, -0.15) is 0 Å². The summed E-state index contributed by atoms with van der Waals surface area (Å²) in [5.74, 6) is 0.150. The molecule has 0 aliphatic heterocycles. The number of nitrogens with one attached hydrogen (secondary N) is 1. The lowest BCUT2D eigenvalue weighted by molar-refractivity contribution is 0.0531. The first kappa shape index (κ1) is 18.9. The van der Waals surface area contributed by atoms with Crippen LogP contribution in [0.3, 0.4) is 0 Å². The number of carbonyl (C=O) groups is 1. The number of fused-ring (bicyclic) bond motifs is 1. The third-order valence-corrected chi connectivity index (χ3v) is 6.33. The Balaban J connectivity index is 1.96. The summed E-state index contributed by atoms with van der Waals surface area (Å²) in [7, 11) is 0. The standard InChI is InChI=1S/C18H17ClN2O3S2/c1-4-24-18(23)14-9(2)13-16(22)20-15(21-17(13)26-14)10(3)25-12-7-5-11(19)6-8-12/h5-8,10H,4H2,1-3H3,(H,20,21,22)/t10-/m1/s1. The van der Waals surface area contributed by atoms with Crippen LogP contribution in [0.4, 0.5) is 0 Å². The van der Waals surface area contributed by atoms with Crippen molar-refractivity contribution in [3.05, 3.63) is 55.9 Å². The predicted octanol–water partition coefficient (Wildman–Crippen LogP) is 4.98. The van der Waals surface area contributed by atoms with E-state index in [2.05, 4.69) is 9.97 Å². The van der Waals surface area contributed by atoms with Crippen LogP contribution in [-0.4, -0.2) is 22.5 Å². The van der Waals surface area contributed by atoms with Gasteiger partial charge in [-0.1, -0.05) is 11.6 Å². The van der Waals surface area contributed by atoms with Crippen molar-refractivity contribution in [2.75, 3.05) is 6.61 Å². The number of esters is 1. The van der Waals surface area contributed by atoms with Crippen molar-refractivity contribution in [2.24, 2.45) is 0 Å². The Hall–Kier alpha value is -1.83. The predicted molar refractivity (Wildman–Crippen MR) is 107 cm³/mol. The van der Waals surface area contributed by atoms with E-state index >= 15 is 0 Å². The van der Waals surface area contributed by atoms with Crippen LogP contribution >= 0.6 is 34.7 Å². The van der Waals surface area contributed by atoms with E-state index in [4.69, 9.17) is 16.3 Å². The van der Waals surface area contributed by atoms with Gasteiger partial charge in [0.25, 0.3) is 5.56 Å². The third-order valence-electron chi connectivity index (χ3n) is 3.79. The minimum absolute atomic E-state index is 0.0678. The average molecular weight is 409 g/mol. The molecule has 136 valence electrons. The van der Waals surface area contributed by atoms with Crippen molar-refractivity contribution in [3.63, 3.8) is 0 Å². The Bertz CT molecular complexity index is 1010. The van der Waals surface area contributed by atoms with Gasteiger partial charge in [0.15, 0.2) is 0 Å². The molecule has 2 aromatic heterocycles. The number of thiophene rings is 1. The Morgan fingerprint density at radius 2 is 2.08 bits per heavy atom. The van der Waals surface area contributed by atoms with Crippen LogP contribution in [0.2, 0.25) is 5.02 Å². The monoisotopic (exact) mass is 408 g/mol. The number of H-pyrrole nitrogens is 1. The smallest absolute Gasteiger partial charge is 0.348 e. The van der Waals surface area contributed by atoms with E-state index in [1.807, 2.05) is 31.2 Å². The summed E-state index contributed by atoms with van der Waals surface area (Å²) in [6.07, 6.45) is 0. The number of aryl methyl sites for hydroxylation is 1. The maximum absolute atomic E-state index is 12.5. The third kappa shape index (κ3) is 3.79. The number of hydrogen-bond acceptors (Lipinski definition) is 6. The molecule has 0 bridgehead atoms. The molecule has 8 heteroatoms. The highest BCUT2D eigenvalue weighted by Gasteiger charge is 2.21. The summed E-state index contributed by atoms with van der Waals surface area (Å²) < 4.78 is 5.06. The molecule has 0 unspecified atom stereocenters. The number of halogens is 1. The summed E-state index contributed by atoms with van der Waals surface area (Å²) in [6, 6.07) is 7.50. The minimum Gasteiger partial charge on any atom is -0.462 e. The van der Waals surface area contributed by atoms with Gasteiger partial charge in [-0.05, 0) is 50.6 Å². The molecule has 5 nitrogen and oxygen atoms in total. The van der Waals surface area contributed by atoms with E-state index in [0.29, 0.717) is 31.5 Å². The molecule has 0 saturated carbocycles. The van der Waals surface area contributed by atoms with Gasteiger partial charge in [0.05, 0.1) is 17.2 Å². The maximum Gasteiger partial charge on any atom is 0.348 e. The van der Waals surface area contributed by atoms with Crippen LogP contribution in [0.5, 0.6) is 0 Å². The molecule has 26 heavy (non-hydrogen) atoms. The number of aromatic nitrogens is 2. The fourth-order valence-electron chi connectivity index (χ4n) is 2.52. The molecular weight excluding hydrogens is 392 g/mol. The van der Waals surface area contributed by atoms with Gasteiger partial charge in [-0.25, -0.2) is 9.78 Å². The van der Waals surface area contributed by atoms with Crippen molar-refractivity contribution in [1.29, 1.82) is 0 Å². The van der Waals surface area contributed by atoms with Crippen LogP contribution in [0, 0.1) is 6.92 Å². The molecule has 0 radical (unpaired) electrons. The molecule has 0 fully saturated rings. The molecule has 0 amide bonds. The summed E-state index contributed by atoms with van der Waals surface area (Å²) in [5.41, 5.74) is 0.375. The highest BCUT2D eigenvalue weighted by atomic mass is 35.5. The first-order chi connectivity index (χ1) is 12.4. The Morgan fingerprint density at radius 1 is 1.38 bits per heavy atom. The van der Waals surface area contributed by atoms with E-state index in [1.54, 1.807) is 25.6 Å². The van der Waals surface area contributed by atoms with Gasteiger partial charge in [0.2, 0.25) is 0 Å². The SMILES string of the molecule is CCOC(=O)c1sc2nc([C@@H](C)Sc3ccc(Cl)cc3)[nH]c(=O)c2c1C. The second kappa shape index (κ2) is 7.82. The van der Waals surface area contributed by atoms with E-state index in [9.17, 15) is 9.59 Å². The van der Waals surface area contributed by atoms with Gasteiger partial charge in [-0.15, -0.1) is 23.1 Å². The Kier molecular flexibility index (Phi) is 5.70. The van der Waals surface area contributed by atoms with Crippen molar-refractivity contribution in [1.82, 2.24) is 9.97 Å². The van der Waals surface area contributed by atoms with Crippen molar-refractivity contribution in [2.45, 2.75) is 30.9 Å². The molecule has 3 aromatic rings. The van der Waals surface area contributed by atoms with Crippen LogP contribution in [0.1, 0.15) is 40.2 Å². The second-order valence-electron chi connectivity index (χ2n) is 5.62. The van der Waals surface area contributed by atoms with E-state index in [-0.39, 0.29) is 17.4 Å². The summed E-state index contributed by atoms with van der Waals surface area (Å²) in [5, 5.41) is 1.06. The van der Waals surface area contributed by atoms with Gasteiger partial charge >= 0.3 is 5.97 Å². The first-order valence-corrected chi connectivity index (χ1v) is 10.1. The minimum atomic E-state index is -0.419. The zero-order chi connectivity index (χ0) is 18.8. The summed E-state index contributed by atoms with van der Waals surface area (Å²) in [6.45, 7) is 5.75. The molecule has 1 atom stereocenters. The number of hydrogen-bond donors (Lipinski definition) is 1. The average Bonchev–Trinajstić information content (AvgIpc) is 2.94. The van der Waals surface area contributed by atoms with E-state index in [1.165, 1.54) is 11.3 Å². The van der Waals surface area contributed by atoms with E-state index in [0.717, 1.165) is 4.90 Å². The quantitative estimate of drug-likeness (QED) is 0.476. The Morgan fingerprint density at radius 3 is 2.73 bits per heavy atom. The number of carbonyl (C=O) groups excluding carboxylic acids is 1. The van der Waals surface area contributed by atoms with Crippen molar-refractivity contribution in [3.8, 4) is 0 Å². The highest BCUT2D eigenvalue weighted by Crippen LogP contribution is 2.35. The van der Waals surface area contributed by atoms with E-state index < -0.39 is 5.97 Å². The highest BCUT2D eigenvalue weighted by molar-refractivity contribution is 7.99. The zero-order valence-corrected chi connectivity index (χ0v) is 16.8. The van der Waals surface area contributed by atoms with Crippen LogP contribution in [-0.2, 0) is 4.74 Å². The normalized spacial score (nSPS) is 12.3. The number of ether oxygens (including phenoxy) is 1.